The Morgan fingerprint density at radius 2 is 2.14 bits per heavy atom. The van der Waals surface area contributed by atoms with Crippen LogP contribution < -0.4 is 4.74 Å². The molecule has 0 heterocycles. The van der Waals surface area contributed by atoms with Gasteiger partial charge in [-0.15, -0.1) is 0 Å². The van der Waals surface area contributed by atoms with E-state index < -0.39 is 0 Å². The second-order valence-corrected chi connectivity index (χ2v) is 3.50. The topological polar surface area (TPSA) is 29.5 Å². The number of aryl methyl sites for hydroxylation is 1. The maximum atomic E-state index is 8.90. The third-order valence-corrected chi connectivity index (χ3v) is 2.45. The molecule has 1 aromatic rings. The molecule has 0 aliphatic carbocycles. The van der Waals surface area contributed by atoms with Crippen LogP contribution in [-0.2, 0) is 12.8 Å². The molecule has 0 unspecified atom stereocenters. The summed E-state index contributed by atoms with van der Waals surface area (Å²) in [6.07, 6.45) is 1.51. The second-order valence-electron chi connectivity index (χ2n) is 3.10. The Hall–Kier alpha value is -0.730. The lowest BCUT2D eigenvalue weighted by Crippen LogP contribution is -1.98. The summed E-state index contributed by atoms with van der Waals surface area (Å²) in [5, 5.41) is 9.52. The predicted octanol–water partition coefficient (Wildman–Crippen LogP) is 2.45. The minimum atomic E-state index is 0.111. The molecular weight excluding hydrogens is 200 g/mol. The van der Waals surface area contributed by atoms with E-state index in [0.717, 1.165) is 12.0 Å². The molecule has 0 aliphatic rings. The Kier molecular flexibility index (Phi) is 4.23. The Morgan fingerprint density at radius 3 is 2.64 bits per heavy atom. The van der Waals surface area contributed by atoms with Crippen molar-refractivity contribution in [2.75, 3.05) is 13.7 Å². The molecular formula is C11H15ClO2. The molecule has 0 fully saturated rings. The van der Waals surface area contributed by atoms with E-state index in [2.05, 4.69) is 6.92 Å². The number of aliphatic hydroxyl groups is 1. The SMILES string of the molecule is CCc1cc(Cl)c(OC)c(CCO)c1. The minimum absolute atomic E-state index is 0.111. The smallest absolute Gasteiger partial charge is 0.140 e. The zero-order chi connectivity index (χ0) is 10.6. The molecule has 0 aliphatic heterocycles. The van der Waals surface area contributed by atoms with E-state index in [1.807, 2.05) is 12.1 Å². The Bertz CT molecular complexity index is 310. The van der Waals surface area contributed by atoms with Crippen molar-refractivity contribution in [1.82, 2.24) is 0 Å². The number of methoxy groups -OCH3 is 1. The van der Waals surface area contributed by atoms with Gasteiger partial charge in [-0.1, -0.05) is 24.6 Å². The summed E-state index contributed by atoms with van der Waals surface area (Å²) in [6.45, 7) is 2.18. The minimum Gasteiger partial charge on any atom is -0.495 e. The van der Waals surface area contributed by atoms with Crippen LogP contribution in [0.2, 0.25) is 5.02 Å². The van der Waals surface area contributed by atoms with Crippen molar-refractivity contribution in [2.24, 2.45) is 0 Å². The van der Waals surface area contributed by atoms with Gasteiger partial charge in [0.2, 0.25) is 0 Å². The fourth-order valence-corrected chi connectivity index (χ4v) is 1.79. The molecule has 14 heavy (non-hydrogen) atoms. The molecule has 0 radical (unpaired) electrons. The van der Waals surface area contributed by atoms with Gasteiger partial charge >= 0.3 is 0 Å². The number of hydrogen-bond donors (Lipinski definition) is 1. The van der Waals surface area contributed by atoms with Gasteiger partial charge in [-0.2, -0.15) is 0 Å². The molecule has 1 rings (SSSR count). The Labute approximate surface area is 89.5 Å². The van der Waals surface area contributed by atoms with Crippen molar-refractivity contribution in [1.29, 1.82) is 0 Å². The first-order valence-corrected chi connectivity index (χ1v) is 5.06. The molecule has 0 saturated heterocycles. The largest absolute Gasteiger partial charge is 0.495 e. The predicted molar refractivity (Wildman–Crippen MR) is 58.2 cm³/mol. The Balaban J connectivity index is 3.13. The van der Waals surface area contributed by atoms with Gasteiger partial charge in [0.05, 0.1) is 12.1 Å². The standard InChI is InChI=1S/C11H15ClO2/c1-3-8-6-9(4-5-13)11(14-2)10(12)7-8/h6-7,13H,3-5H2,1-2H3. The van der Waals surface area contributed by atoms with E-state index >= 15 is 0 Å². The average Bonchev–Trinajstić information content (AvgIpc) is 2.18. The lowest BCUT2D eigenvalue weighted by atomic mass is 10.1. The highest BCUT2D eigenvalue weighted by Gasteiger charge is 2.08. The van der Waals surface area contributed by atoms with Crippen LogP contribution >= 0.6 is 11.6 Å². The zero-order valence-electron chi connectivity index (χ0n) is 8.51. The summed E-state index contributed by atoms with van der Waals surface area (Å²) in [5.74, 6) is 0.679. The first kappa shape index (κ1) is 11.3. The number of benzene rings is 1. The van der Waals surface area contributed by atoms with Gasteiger partial charge in [-0.3, -0.25) is 0 Å². The van der Waals surface area contributed by atoms with Crippen LogP contribution in [0.15, 0.2) is 12.1 Å². The van der Waals surface area contributed by atoms with Gasteiger partial charge in [0.15, 0.2) is 0 Å². The summed E-state index contributed by atoms with van der Waals surface area (Å²) >= 11 is 6.04. The maximum absolute atomic E-state index is 8.90. The number of ether oxygens (including phenoxy) is 1. The summed E-state index contributed by atoms with van der Waals surface area (Å²) < 4.78 is 5.19. The van der Waals surface area contributed by atoms with Crippen LogP contribution in [0.3, 0.4) is 0 Å². The van der Waals surface area contributed by atoms with E-state index in [9.17, 15) is 0 Å². The number of aliphatic hydroxyl groups excluding tert-OH is 1. The highest BCUT2D eigenvalue weighted by Crippen LogP contribution is 2.30. The van der Waals surface area contributed by atoms with Crippen LogP contribution in [0, 0.1) is 0 Å². The fourth-order valence-electron chi connectivity index (χ4n) is 1.45. The summed E-state index contributed by atoms with van der Waals surface area (Å²) in [5.41, 5.74) is 2.14. The molecule has 78 valence electrons. The monoisotopic (exact) mass is 214 g/mol. The van der Waals surface area contributed by atoms with Crippen molar-refractivity contribution in [3.63, 3.8) is 0 Å². The molecule has 1 aromatic carbocycles. The fraction of sp³-hybridized carbons (Fsp3) is 0.455. The van der Waals surface area contributed by atoms with Crippen LogP contribution in [0.4, 0.5) is 0 Å². The van der Waals surface area contributed by atoms with Crippen molar-refractivity contribution in [2.45, 2.75) is 19.8 Å². The van der Waals surface area contributed by atoms with Gasteiger partial charge in [-0.05, 0) is 30.0 Å². The van der Waals surface area contributed by atoms with Gasteiger partial charge in [0, 0.05) is 6.61 Å². The lowest BCUT2D eigenvalue weighted by molar-refractivity contribution is 0.296. The second kappa shape index (κ2) is 5.23. The first-order valence-electron chi connectivity index (χ1n) is 4.69. The third-order valence-electron chi connectivity index (χ3n) is 2.17. The molecule has 0 amide bonds. The van der Waals surface area contributed by atoms with Crippen molar-refractivity contribution in [3.05, 3.63) is 28.3 Å². The van der Waals surface area contributed by atoms with Gasteiger partial charge in [0.1, 0.15) is 5.75 Å². The van der Waals surface area contributed by atoms with Gasteiger partial charge in [-0.25, -0.2) is 0 Å². The first-order chi connectivity index (χ1) is 6.72. The summed E-state index contributed by atoms with van der Waals surface area (Å²) in [6, 6.07) is 3.93. The van der Waals surface area contributed by atoms with Gasteiger partial charge in [0.25, 0.3) is 0 Å². The van der Waals surface area contributed by atoms with E-state index in [1.54, 1.807) is 7.11 Å². The van der Waals surface area contributed by atoms with Crippen LogP contribution in [0.25, 0.3) is 0 Å². The molecule has 0 spiro atoms. The van der Waals surface area contributed by atoms with Crippen molar-refractivity contribution < 1.29 is 9.84 Å². The molecule has 3 heteroatoms. The third kappa shape index (κ3) is 2.40. The van der Waals surface area contributed by atoms with Crippen LogP contribution in [0.1, 0.15) is 18.1 Å². The average molecular weight is 215 g/mol. The molecule has 0 aromatic heterocycles. The van der Waals surface area contributed by atoms with Crippen molar-refractivity contribution in [3.8, 4) is 5.75 Å². The summed E-state index contributed by atoms with van der Waals surface area (Å²) in [4.78, 5) is 0. The molecule has 2 nitrogen and oxygen atoms in total. The zero-order valence-corrected chi connectivity index (χ0v) is 9.27. The molecule has 0 bridgehead atoms. The van der Waals surface area contributed by atoms with Crippen LogP contribution in [0.5, 0.6) is 5.75 Å². The number of halogens is 1. The van der Waals surface area contributed by atoms with Gasteiger partial charge < -0.3 is 9.84 Å². The lowest BCUT2D eigenvalue weighted by Gasteiger charge is -2.11. The molecule has 0 saturated carbocycles. The van der Waals surface area contributed by atoms with E-state index in [0.29, 0.717) is 17.2 Å². The quantitative estimate of drug-likeness (QED) is 0.835. The van der Waals surface area contributed by atoms with E-state index in [1.165, 1.54) is 5.56 Å². The maximum Gasteiger partial charge on any atom is 0.140 e. The number of rotatable bonds is 4. The normalized spacial score (nSPS) is 10.3. The number of hydrogen-bond acceptors (Lipinski definition) is 2. The molecule has 0 atom stereocenters. The molecule has 1 N–H and O–H groups in total. The van der Waals surface area contributed by atoms with Crippen molar-refractivity contribution >= 4 is 11.6 Å². The van der Waals surface area contributed by atoms with Crippen LogP contribution in [-0.4, -0.2) is 18.8 Å². The highest BCUT2D eigenvalue weighted by molar-refractivity contribution is 6.32. The van der Waals surface area contributed by atoms with E-state index in [4.69, 9.17) is 21.4 Å². The summed E-state index contributed by atoms with van der Waals surface area (Å²) in [7, 11) is 1.59. The highest BCUT2D eigenvalue weighted by atomic mass is 35.5. The Morgan fingerprint density at radius 1 is 1.43 bits per heavy atom. The van der Waals surface area contributed by atoms with E-state index in [-0.39, 0.29) is 6.61 Å².